The number of imidazole rings is 1. The molecule has 0 aliphatic heterocycles. The van der Waals surface area contributed by atoms with Crippen LogP contribution in [0.5, 0.6) is 0 Å². The number of nitrogens with zero attached hydrogens (tertiary/aromatic N) is 1. The van der Waals surface area contributed by atoms with Crippen molar-refractivity contribution in [1.29, 1.82) is 0 Å². The van der Waals surface area contributed by atoms with Gasteiger partial charge >= 0.3 is 5.69 Å². The summed E-state index contributed by atoms with van der Waals surface area (Å²) < 4.78 is 0. The van der Waals surface area contributed by atoms with E-state index in [4.69, 9.17) is 0 Å². The van der Waals surface area contributed by atoms with Crippen LogP contribution in [0.25, 0.3) is 11.0 Å². The first kappa shape index (κ1) is 14.0. The molecule has 1 aromatic carbocycles. The molecule has 0 radical (unpaired) electrons. The molecule has 0 bridgehead atoms. The number of H-pyrrole nitrogens is 2. The third kappa shape index (κ3) is 2.77. The maximum atomic E-state index is 11.3. The smallest absolute Gasteiger partial charge is 0.306 e. The highest BCUT2D eigenvalue weighted by Crippen LogP contribution is 2.25. The van der Waals surface area contributed by atoms with Gasteiger partial charge in [-0.3, -0.25) is 0 Å². The molecule has 2 aromatic heterocycles. The van der Waals surface area contributed by atoms with Crippen molar-refractivity contribution in [2.75, 3.05) is 0 Å². The summed E-state index contributed by atoms with van der Waals surface area (Å²) in [6, 6.07) is 6.41. The molecule has 21 heavy (non-hydrogen) atoms. The van der Waals surface area contributed by atoms with Crippen molar-refractivity contribution in [1.82, 2.24) is 20.3 Å². The number of benzene rings is 1. The number of hydrogen-bond acceptors (Lipinski definition) is 4. The van der Waals surface area contributed by atoms with Gasteiger partial charge in [-0.05, 0) is 38.5 Å². The van der Waals surface area contributed by atoms with Gasteiger partial charge in [-0.1, -0.05) is 6.07 Å². The van der Waals surface area contributed by atoms with E-state index < -0.39 is 0 Å². The Bertz CT molecular complexity index is 816. The lowest BCUT2D eigenvalue weighted by Gasteiger charge is -2.20. The Morgan fingerprint density at radius 2 is 1.95 bits per heavy atom. The van der Waals surface area contributed by atoms with Gasteiger partial charge in [0.15, 0.2) is 0 Å². The number of aromatic amines is 2. The second-order valence-corrected chi connectivity index (χ2v) is 6.18. The van der Waals surface area contributed by atoms with E-state index in [0.29, 0.717) is 0 Å². The van der Waals surface area contributed by atoms with Crippen LogP contribution in [0.15, 0.2) is 28.5 Å². The number of aryl methyl sites for hydroxylation is 1. The topological polar surface area (TPSA) is 73.6 Å². The average Bonchev–Trinajstić information content (AvgIpc) is 3.02. The number of nitrogens with one attached hydrogen (secondary N) is 3. The zero-order valence-electron chi connectivity index (χ0n) is 12.2. The van der Waals surface area contributed by atoms with Gasteiger partial charge in [0.1, 0.15) is 0 Å². The van der Waals surface area contributed by atoms with Crippen molar-refractivity contribution in [3.05, 3.63) is 50.3 Å². The minimum Gasteiger partial charge on any atom is -0.306 e. The monoisotopic (exact) mass is 302 g/mol. The van der Waals surface area contributed by atoms with Crippen molar-refractivity contribution in [2.45, 2.75) is 32.9 Å². The molecule has 0 saturated carbocycles. The molecular weight excluding hydrogens is 284 g/mol. The number of hydrogen-bond donors (Lipinski definition) is 3. The van der Waals surface area contributed by atoms with E-state index in [-0.39, 0.29) is 17.8 Å². The van der Waals surface area contributed by atoms with E-state index >= 15 is 0 Å². The predicted molar refractivity (Wildman–Crippen MR) is 85.7 cm³/mol. The third-order valence-corrected chi connectivity index (χ3v) is 4.83. The Morgan fingerprint density at radius 1 is 1.19 bits per heavy atom. The van der Waals surface area contributed by atoms with E-state index in [9.17, 15) is 4.79 Å². The number of rotatable bonds is 4. The quantitative estimate of drug-likeness (QED) is 0.693. The van der Waals surface area contributed by atoms with Crippen molar-refractivity contribution in [3.63, 3.8) is 0 Å². The maximum absolute atomic E-state index is 11.3. The molecule has 2 unspecified atom stereocenters. The lowest BCUT2D eigenvalue weighted by atomic mass is 10.1. The molecule has 0 aliphatic rings. The molecule has 2 heterocycles. The molecule has 110 valence electrons. The lowest BCUT2D eigenvalue weighted by molar-refractivity contribution is 0.498. The van der Waals surface area contributed by atoms with Crippen LogP contribution in [0.4, 0.5) is 0 Å². The predicted octanol–water partition coefficient (Wildman–Crippen LogP) is 3.03. The van der Waals surface area contributed by atoms with Crippen LogP contribution >= 0.6 is 11.3 Å². The molecule has 3 N–H and O–H groups in total. The van der Waals surface area contributed by atoms with Crippen LogP contribution in [-0.4, -0.2) is 15.0 Å². The zero-order chi connectivity index (χ0) is 15.0. The molecule has 0 fully saturated rings. The minimum absolute atomic E-state index is 0.170. The van der Waals surface area contributed by atoms with Gasteiger partial charge in [0.05, 0.1) is 22.2 Å². The van der Waals surface area contributed by atoms with E-state index in [2.05, 4.69) is 34.1 Å². The summed E-state index contributed by atoms with van der Waals surface area (Å²) in [7, 11) is 0. The molecule has 0 saturated heterocycles. The van der Waals surface area contributed by atoms with E-state index in [1.54, 1.807) is 11.3 Å². The molecule has 0 spiro atoms. The fourth-order valence-electron chi connectivity index (χ4n) is 2.59. The zero-order valence-corrected chi connectivity index (χ0v) is 13.0. The molecule has 0 aliphatic carbocycles. The number of thiazole rings is 1. The van der Waals surface area contributed by atoms with Gasteiger partial charge in [0.2, 0.25) is 0 Å². The summed E-state index contributed by atoms with van der Waals surface area (Å²) in [4.78, 5) is 22.4. The molecule has 6 heteroatoms. The van der Waals surface area contributed by atoms with Crippen molar-refractivity contribution in [3.8, 4) is 0 Å². The van der Waals surface area contributed by atoms with Gasteiger partial charge in [-0.15, -0.1) is 11.3 Å². The normalized spacial score (nSPS) is 14.4. The van der Waals surface area contributed by atoms with Crippen LogP contribution in [0.1, 0.15) is 42.1 Å². The molecule has 5 nitrogen and oxygen atoms in total. The SMILES string of the molecule is Cc1ncsc1C(C)NC(C)c1ccc2[nH]c(=O)[nH]c2c1. The summed E-state index contributed by atoms with van der Waals surface area (Å²) in [6.45, 7) is 6.30. The highest BCUT2D eigenvalue weighted by atomic mass is 32.1. The average molecular weight is 302 g/mol. The van der Waals surface area contributed by atoms with Crippen LogP contribution in [-0.2, 0) is 0 Å². The minimum atomic E-state index is -0.170. The molecular formula is C15H18N4OS. The van der Waals surface area contributed by atoms with Crippen LogP contribution < -0.4 is 11.0 Å². The Labute approximate surface area is 126 Å². The molecule has 3 aromatic rings. The highest BCUT2D eigenvalue weighted by Gasteiger charge is 2.15. The van der Waals surface area contributed by atoms with E-state index in [0.717, 1.165) is 22.3 Å². The van der Waals surface area contributed by atoms with E-state index in [1.807, 2.05) is 30.6 Å². The molecule has 3 rings (SSSR count). The Morgan fingerprint density at radius 3 is 2.67 bits per heavy atom. The summed E-state index contributed by atoms with van der Waals surface area (Å²) in [5.41, 5.74) is 5.61. The number of fused-ring (bicyclic) bond motifs is 1. The summed E-state index contributed by atoms with van der Waals surface area (Å²) in [5.74, 6) is 0. The van der Waals surface area contributed by atoms with E-state index in [1.165, 1.54) is 4.88 Å². The first-order valence-corrected chi connectivity index (χ1v) is 7.80. The van der Waals surface area contributed by atoms with Gasteiger partial charge in [0.25, 0.3) is 0 Å². The van der Waals surface area contributed by atoms with Crippen molar-refractivity contribution >= 4 is 22.4 Å². The second-order valence-electron chi connectivity index (χ2n) is 5.30. The molecule has 0 amide bonds. The molecule has 2 atom stereocenters. The number of aromatic nitrogens is 3. The first-order valence-electron chi connectivity index (χ1n) is 6.92. The van der Waals surface area contributed by atoms with Crippen LogP contribution in [0, 0.1) is 6.92 Å². The van der Waals surface area contributed by atoms with Crippen LogP contribution in [0.3, 0.4) is 0 Å². The third-order valence-electron chi connectivity index (χ3n) is 3.72. The van der Waals surface area contributed by atoms with Crippen molar-refractivity contribution < 1.29 is 0 Å². The summed E-state index contributed by atoms with van der Waals surface area (Å²) in [5, 5.41) is 3.58. The lowest BCUT2D eigenvalue weighted by Crippen LogP contribution is -2.22. The van der Waals surface area contributed by atoms with Gasteiger partial charge in [-0.2, -0.15) is 0 Å². The van der Waals surface area contributed by atoms with Gasteiger partial charge < -0.3 is 15.3 Å². The highest BCUT2D eigenvalue weighted by molar-refractivity contribution is 7.09. The summed E-state index contributed by atoms with van der Waals surface area (Å²) in [6.07, 6.45) is 0. The first-order chi connectivity index (χ1) is 10.0. The Balaban J connectivity index is 1.81. The maximum Gasteiger partial charge on any atom is 0.323 e. The second kappa shape index (κ2) is 5.46. The van der Waals surface area contributed by atoms with Crippen LogP contribution in [0.2, 0.25) is 0 Å². The Kier molecular flexibility index (Phi) is 3.65. The Hall–Kier alpha value is -1.92. The van der Waals surface area contributed by atoms with Crippen molar-refractivity contribution in [2.24, 2.45) is 0 Å². The summed E-state index contributed by atoms with van der Waals surface area (Å²) >= 11 is 1.67. The van der Waals surface area contributed by atoms with Gasteiger partial charge in [-0.25, -0.2) is 9.78 Å². The fourth-order valence-corrected chi connectivity index (χ4v) is 3.41. The van der Waals surface area contributed by atoms with Gasteiger partial charge in [0, 0.05) is 17.0 Å². The largest absolute Gasteiger partial charge is 0.323 e. The fraction of sp³-hybridized carbons (Fsp3) is 0.333. The standard InChI is InChI=1S/C15H18N4OS/c1-8(17-10(3)14-9(2)16-7-21-14)11-4-5-12-13(6-11)19-15(20)18-12/h4-8,10,17H,1-3H3,(H2,18,19,20).